The number of carbonyl (C=O) groups is 1. The van der Waals surface area contributed by atoms with Crippen LogP contribution in [0.4, 0.5) is 14.5 Å². The smallest absolute Gasteiger partial charge is 0.231 e. The van der Waals surface area contributed by atoms with E-state index in [2.05, 4.69) is 5.32 Å². The summed E-state index contributed by atoms with van der Waals surface area (Å²) in [5, 5.41) is 2.36. The second-order valence-electron chi connectivity index (χ2n) is 5.40. The summed E-state index contributed by atoms with van der Waals surface area (Å²) < 4.78 is 26.4. The minimum atomic E-state index is -1.07. The number of halogens is 2. The second-order valence-corrected chi connectivity index (χ2v) is 5.40. The lowest BCUT2D eigenvalue weighted by atomic mass is 9.74. The molecule has 3 N–H and O–H groups in total. The zero-order valence-corrected chi connectivity index (χ0v) is 11.0. The number of hydrogen-bond donors (Lipinski definition) is 2. The summed E-state index contributed by atoms with van der Waals surface area (Å²) in [5.74, 6) is -2.53. The van der Waals surface area contributed by atoms with E-state index in [1.54, 1.807) is 27.7 Å². The predicted molar refractivity (Wildman–Crippen MR) is 67.0 cm³/mol. The fourth-order valence-electron chi connectivity index (χ4n) is 1.17. The molecule has 0 saturated heterocycles. The Labute approximate surface area is 105 Å². The first kappa shape index (κ1) is 14.6. The van der Waals surface area contributed by atoms with E-state index >= 15 is 0 Å². The van der Waals surface area contributed by atoms with E-state index in [4.69, 9.17) is 5.73 Å². The maximum Gasteiger partial charge on any atom is 0.231 e. The molecule has 3 nitrogen and oxygen atoms in total. The minimum absolute atomic E-state index is 0.183. The third-order valence-electron chi connectivity index (χ3n) is 3.38. The van der Waals surface area contributed by atoms with E-state index in [0.29, 0.717) is 0 Å². The van der Waals surface area contributed by atoms with E-state index in [9.17, 15) is 13.6 Å². The van der Waals surface area contributed by atoms with Gasteiger partial charge in [-0.15, -0.1) is 0 Å². The van der Waals surface area contributed by atoms with Crippen LogP contribution in [-0.2, 0) is 4.79 Å². The van der Waals surface area contributed by atoms with Crippen LogP contribution in [0, 0.1) is 17.0 Å². The molecule has 18 heavy (non-hydrogen) atoms. The van der Waals surface area contributed by atoms with Crippen LogP contribution in [0.15, 0.2) is 18.2 Å². The first-order valence-electron chi connectivity index (χ1n) is 5.61. The predicted octanol–water partition coefficient (Wildman–Crippen LogP) is 2.67. The van der Waals surface area contributed by atoms with Gasteiger partial charge in [0.15, 0.2) is 11.6 Å². The third-order valence-corrected chi connectivity index (χ3v) is 3.38. The lowest BCUT2D eigenvalue weighted by Gasteiger charge is -2.36. The molecule has 0 spiro atoms. The Morgan fingerprint density at radius 1 is 1.22 bits per heavy atom. The summed E-state index contributed by atoms with van der Waals surface area (Å²) in [7, 11) is 0. The average molecular weight is 256 g/mol. The van der Waals surface area contributed by atoms with Gasteiger partial charge in [0, 0.05) is 5.54 Å². The minimum Gasteiger partial charge on any atom is -0.325 e. The third kappa shape index (κ3) is 2.67. The second kappa shape index (κ2) is 4.65. The molecular weight excluding hydrogens is 238 g/mol. The van der Waals surface area contributed by atoms with Crippen molar-refractivity contribution < 1.29 is 13.6 Å². The lowest BCUT2D eigenvalue weighted by molar-refractivity contribution is -0.126. The van der Waals surface area contributed by atoms with Crippen molar-refractivity contribution in [2.75, 3.05) is 5.32 Å². The molecule has 1 rings (SSSR count). The molecule has 0 aliphatic heterocycles. The van der Waals surface area contributed by atoms with Crippen molar-refractivity contribution in [2.45, 2.75) is 33.2 Å². The Kier molecular flexibility index (Phi) is 3.76. The normalized spacial score (nSPS) is 12.4. The molecule has 1 amide bonds. The van der Waals surface area contributed by atoms with Gasteiger partial charge in [-0.2, -0.15) is 0 Å². The van der Waals surface area contributed by atoms with E-state index in [1.165, 1.54) is 12.1 Å². The van der Waals surface area contributed by atoms with Gasteiger partial charge in [0.2, 0.25) is 5.91 Å². The van der Waals surface area contributed by atoms with Gasteiger partial charge < -0.3 is 11.1 Å². The molecule has 0 atom stereocenters. The van der Waals surface area contributed by atoms with Crippen LogP contribution in [-0.4, -0.2) is 11.4 Å². The first-order valence-corrected chi connectivity index (χ1v) is 5.61. The van der Waals surface area contributed by atoms with E-state index in [0.717, 1.165) is 6.07 Å². The highest BCUT2D eigenvalue weighted by molar-refractivity contribution is 5.95. The van der Waals surface area contributed by atoms with Crippen molar-refractivity contribution in [1.29, 1.82) is 0 Å². The van der Waals surface area contributed by atoms with Gasteiger partial charge in [-0.3, -0.25) is 4.79 Å². The number of nitrogens with one attached hydrogen (secondary N) is 1. The van der Waals surface area contributed by atoms with Crippen LogP contribution in [0.3, 0.4) is 0 Å². The Morgan fingerprint density at radius 3 is 2.28 bits per heavy atom. The molecule has 5 heteroatoms. The van der Waals surface area contributed by atoms with Crippen LogP contribution in [0.25, 0.3) is 0 Å². The van der Waals surface area contributed by atoms with Crippen molar-refractivity contribution in [3.05, 3.63) is 29.8 Å². The number of nitrogens with two attached hydrogens (primary N) is 1. The Balaban J connectivity index is 2.99. The summed E-state index contributed by atoms with van der Waals surface area (Å²) in [6.07, 6.45) is 0. The molecule has 0 radical (unpaired) electrons. The number of benzene rings is 1. The van der Waals surface area contributed by atoms with E-state index in [-0.39, 0.29) is 5.69 Å². The molecule has 0 aliphatic carbocycles. The Bertz CT molecular complexity index is 465. The maximum absolute atomic E-state index is 13.4. The first-order chi connectivity index (χ1) is 8.07. The van der Waals surface area contributed by atoms with Crippen LogP contribution in [0.2, 0.25) is 0 Å². The molecule has 100 valence electrons. The van der Waals surface area contributed by atoms with Gasteiger partial charge in [0.25, 0.3) is 0 Å². The maximum atomic E-state index is 13.4. The molecule has 0 bridgehead atoms. The van der Waals surface area contributed by atoms with Crippen molar-refractivity contribution in [1.82, 2.24) is 0 Å². The highest BCUT2D eigenvalue weighted by atomic mass is 19.2. The van der Waals surface area contributed by atoms with Crippen molar-refractivity contribution in [3.63, 3.8) is 0 Å². The number of anilines is 1. The highest BCUT2D eigenvalue weighted by Gasteiger charge is 2.40. The number of carbonyl (C=O) groups excluding carboxylic acids is 1. The molecule has 1 aromatic carbocycles. The summed E-state index contributed by atoms with van der Waals surface area (Å²) in [6, 6.07) is 3.62. The molecule has 0 unspecified atom stereocenters. The molecule has 0 fully saturated rings. The summed E-state index contributed by atoms with van der Waals surface area (Å²) in [4.78, 5) is 12.1. The zero-order valence-electron chi connectivity index (χ0n) is 11.0. The average Bonchev–Trinajstić information content (AvgIpc) is 2.23. The van der Waals surface area contributed by atoms with Crippen LogP contribution < -0.4 is 11.1 Å². The van der Waals surface area contributed by atoms with Crippen molar-refractivity contribution in [2.24, 2.45) is 11.1 Å². The number of amides is 1. The van der Waals surface area contributed by atoms with Gasteiger partial charge in [-0.25, -0.2) is 8.78 Å². The van der Waals surface area contributed by atoms with Crippen LogP contribution >= 0.6 is 0 Å². The number of hydrogen-bond acceptors (Lipinski definition) is 2. The van der Waals surface area contributed by atoms with Gasteiger partial charge in [0.05, 0.1) is 11.1 Å². The topological polar surface area (TPSA) is 55.1 Å². The summed E-state index contributed by atoms with van der Waals surface area (Å²) >= 11 is 0. The SMILES string of the molecule is CC(C)(N)C(C)(C)C(=O)Nc1cccc(F)c1F. The summed E-state index contributed by atoms with van der Waals surface area (Å²) in [6.45, 7) is 6.71. The van der Waals surface area contributed by atoms with Gasteiger partial charge in [0.1, 0.15) is 0 Å². The van der Waals surface area contributed by atoms with Gasteiger partial charge in [-0.05, 0) is 39.8 Å². The monoisotopic (exact) mass is 256 g/mol. The fraction of sp³-hybridized carbons (Fsp3) is 0.462. The summed E-state index contributed by atoms with van der Waals surface area (Å²) in [5.41, 5.74) is 4.01. The van der Waals surface area contributed by atoms with Crippen molar-refractivity contribution in [3.8, 4) is 0 Å². The van der Waals surface area contributed by atoms with Crippen LogP contribution in [0.1, 0.15) is 27.7 Å². The fourth-order valence-corrected chi connectivity index (χ4v) is 1.17. The van der Waals surface area contributed by atoms with Gasteiger partial charge >= 0.3 is 0 Å². The van der Waals surface area contributed by atoms with Crippen molar-refractivity contribution >= 4 is 11.6 Å². The van der Waals surface area contributed by atoms with Gasteiger partial charge in [-0.1, -0.05) is 6.07 Å². The number of rotatable bonds is 3. The lowest BCUT2D eigenvalue weighted by Crippen LogP contribution is -2.53. The highest BCUT2D eigenvalue weighted by Crippen LogP contribution is 2.30. The molecule has 0 aliphatic rings. The standard InChI is InChI=1S/C13H18F2N2O/c1-12(2,13(3,4)16)11(18)17-9-7-5-6-8(14)10(9)15/h5-7H,16H2,1-4H3,(H,17,18). The quantitative estimate of drug-likeness (QED) is 0.873. The van der Waals surface area contributed by atoms with Crippen LogP contribution in [0.5, 0.6) is 0 Å². The molecule has 0 saturated carbocycles. The molecule has 1 aromatic rings. The largest absolute Gasteiger partial charge is 0.325 e. The molecule has 0 heterocycles. The Hall–Kier alpha value is -1.49. The van der Waals surface area contributed by atoms with E-state index < -0.39 is 28.5 Å². The molecule has 0 aromatic heterocycles. The molecular formula is C13H18F2N2O. The zero-order chi connectivity index (χ0) is 14.1. The van der Waals surface area contributed by atoms with E-state index in [1.807, 2.05) is 0 Å². The Morgan fingerprint density at radius 2 is 1.78 bits per heavy atom.